The lowest BCUT2D eigenvalue weighted by molar-refractivity contribution is 0.158. The lowest BCUT2D eigenvalue weighted by Gasteiger charge is -2.32. The summed E-state index contributed by atoms with van der Waals surface area (Å²) >= 11 is 4.21. The van der Waals surface area contributed by atoms with Crippen molar-refractivity contribution >= 4 is 18.4 Å². The van der Waals surface area contributed by atoms with E-state index in [1.54, 1.807) is 6.20 Å². The van der Waals surface area contributed by atoms with E-state index in [1.807, 2.05) is 12.1 Å². The molecule has 0 radical (unpaired) electrons. The van der Waals surface area contributed by atoms with Crippen molar-refractivity contribution in [2.45, 2.75) is 4.90 Å². The number of thiol groups is 1. The third kappa shape index (κ3) is 4.18. The number of anilines is 1. The van der Waals surface area contributed by atoms with E-state index >= 15 is 0 Å². The maximum Gasteiger partial charge on any atom is 0.126 e. The Hall–Kier alpha value is -0.780. The molecule has 0 aromatic carbocycles. The first-order chi connectivity index (χ1) is 8.24. The zero-order valence-electron chi connectivity index (χ0n) is 10.3. The highest BCUT2D eigenvalue weighted by atomic mass is 32.1. The minimum absolute atomic E-state index is 0.898. The summed E-state index contributed by atoms with van der Waals surface area (Å²) in [6.07, 6.45) is 1.77. The number of nitrogens with one attached hydrogen (secondary N) is 1. The van der Waals surface area contributed by atoms with Crippen molar-refractivity contribution in [3.63, 3.8) is 0 Å². The Kier molecular flexibility index (Phi) is 4.65. The molecule has 2 rings (SSSR count). The van der Waals surface area contributed by atoms with Gasteiger partial charge in [-0.1, -0.05) is 0 Å². The van der Waals surface area contributed by atoms with Gasteiger partial charge in [0.05, 0.1) is 0 Å². The zero-order valence-corrected chi connectivity index (χ0v) is 11.2. The van der Waals surface area contributed by atoms with Gasteiger partial charge in [-0.25, -0.2) is 4.98 Å². The van der Waals surface area contributed by atoms with Crippen LogP contribution in [0, 0.1) is 0 Å². The Morgan fingerprint density at radius 3 is 2.71 bits per heavy atom. The monoisotopic (exact) mass is 252 g/mol. The molecule has 2 heterocycles. The number of rotatable bonds is 4. The summed E-state index contributed by atoms with van der Waals surface area (Å²) in [6, 6.07) is 3.92. The highest BCUT2D eigenvalue weighted by molar-refractivity contribution is 7.80. The lowest BCUT2D eigenvalue weighted by Crippen LogP contribution is -2.45. The molecule has 0 amide bonds. The number of hydrogen-bond donors (Lipinski definition) is 2. The van der Waals surface area contributed by atoms with Crippen LogP contribution in [0.1, 0.15) is 0 Å². The fourth-order valence-corrected chi connectivity index (χ4v) is 2.04. The van der Waals surface area contributed by atoms with Crippen LogP contribution < -0.4 is 5.32 Å². The largest absolute Gasteiger partial charge is 0.369 e. The molecule has 1 N–H and O–H groups in total. The van der Waals surface area contributed by atoms with Gasteiger partial charge in [0.25, 0.3) is 0 Å². The molecule has 0 spiro atoms. The molecule has 0 unspecified atom stereocenters. The fourth-order valence-electron chi connectivity index (χ4n) is 1.90. The number of nitrogens with zero attached hydrogens (tertiary/aromatic N) is 3. The highest BCUT2D eigenvalue weighted by Crippen LogP contribution is 2.07. The summed E-state index contributed by atoms with van der Waals surface area (Å²) in [4.78, 5) is 10.0. The molecule has 0 bridgehead atoms. The minimum atomic E-state index is 0.898. The van der Waals surface area contributed by atoms with Crippen LogP contribution in [0.15, 0.2) is 23.2 Å². The van der Waals surface area contributed by atoms with Crippen LogP contribution >= 0.6 is 12.6 Å². The van der Waals surface area contributed by atoms with E-state index in [-0.39, 0.29) is 0 Å². The third-order valence-corrected chi connectivity index (χ3v) is 3.34. The molecule has 1 aliphatic heterocycles. The Labute approximate surface area is 108 Å². The molecular formula is C12H20N4S. The SMILES string of the molecule is CN1CCN(CCNc2ccc(S)cn2)CC1. The second-order valence-electron chi connectivity index (χ2n) is 4.47. The fraction of sp³-hybridized carbons (Fsp3) is 0.583. The maximum atomic E-state index is 4.26. The summed E-state index contributed by atoms with van der Waals surface area (Å²) in [5, 5.41) is 3.33. The van der Waals surface area contributed by atoms with E-state index in [0.29, 0.717) is 0 Å². The number of hydrogen-bond acceptors (Lipinski definition) is 5. The van der Waals surface area contributed by atoms with Gasteiger partial charge >= 0.3 is 0 Å². The van der Waals surface area contributed by atoms with Crippen molar-refractivity contribution in [1.82, 2.24) is 14.8 Å². The minimum Gasteiger partial charge on any atom is -0.369 e. The Bertz CT molecular complexity index is 333. The van der Waals surface area contributed by atoms with Crippen molar-refractivity contribution in [2.24, 2.45) is 0 Å². The van der Waals surface area contributed by atoms with Crippen molar-refractivity contribution in [3.05, 3.63) is 18.3 Å². The van der Waals surface area contributed by atoms with Crippen LogP contribution in [0.25, 0.3) is 0 Å². The maximum absolute atomic E-state index is 4.26. The summed E-state index contributed by atoms with van der Waals surface area (Å²) in [7, 11) is 2.18. The van der Waals surface area contributed by atoms with Crippen molar-refractivity contribution in [2.75, 3.05) is 51.6 Å². The van der Waals surface area contributed by atoms with Crippen LogP contribution in [0.4, 0.5) is 5.82 Å². The van der Waals surface area contributed by atoms with Crippen molar-refractivity contribution in [3.8, 4) is 0 Å². The second kappa shape index (κ2) is 6.23. The van der Waals surface area contributed by atoms with E-state index < -0.39 is 0 Å². The summed E-state index contributed by atoms with van der Waals surface area (Å²) in [5.41, 5.74) is 0. The smallest absolute Gasteiger partial charge is 0.126 e. The zero-order chi connectivity index (χ0) is 12.1. The van der Waals surface area contributed by atoms with Crippen molar-refractivity contribution < 1.29 is 0 Å². The molecule has 1 aromatic heterocycles. The van der Waals surface area contributed by atoms with Crippen LogP contribution in [-0.4, -0.2) is 61.1 Å². The van der Waals surface area contributed by atoms with E-state index in [1.165, 1.54) is 26.2 Å². The average molecular weight is 252 g/mol. The van der Waals surface area contributed by atoms with Gasteiger partial charge < -0.3 is 10.2 Å². The molecule has 5 heteroatoms. The summed E-state index contributed by atoms with van der Waals surface area (Å²) < 4.78 is 0. The van der Waals surface area contributed by atoms with Gasteiger partial charge in [0.1, 0.15) is 5.82 Å². The molecule has 0 atom stereocenters. The molecule has 94 valence electrons. The average Bonchev–Trinajstić information content (AvgIpc) is 2.34. The molecule has 1 saturated heterocycles. The number of likely N-dealkylation sites (N-methyl/N-ethyl adjacent to an activating group) is 1. The first kappa shape index (κ1) is 12.7. The van der Waals surface area contributed by atoms with Crippen LogP contribution in [0.2, 0.25) is 0 Å². The quantitative estimate of drug-likeness (QED) is 0.784. The Morgan fingerprint density at radius 1 is 1.29 bits per heavy atom. The van der Waals surface area contributed by atoms with Gasteiger partial charge in [-0.3, -0.25) is 4.90 Å². The molecular weight excluding hydrogens is 232 g/mol. The molecule has 1 aromatic rings. The summed E-state index contributed by atoms with van der Waals surface area (Å²) in [6.45, 7) is 6.71. The van der Waals surface area contributed by atoms with Gasteiger partial charge in [0.15, 0.2) is 0 Å². The van der Waals surface area contributed by atoms with Gasteiger partial charge in [0.2, 0.25) is 0 Å². The normalized spacial score (nSPS) is 18.2. The molecule has 17 heavy (non-hydrogen) atoms. The van der Waals surface area contributed by atoms with Gasteiger partial charge in [-0.2, -0.15) is 0 Å². The van der Waals surface area contributed by atoms with E-state index in [9.17, 15) is 0 Å². The second-order valence-corrected chi connectivity index (χ2v) is 4.99. The first-order valence-electron chi connectivity index (χ1n) is 6.04. The van der Waals surface area contributed by atoms with E-state index in [0.717, 1.165) is 23.8 Å². The van der Waals surface area contributed by atoms with Crippen LogP contribution in [0.3, 0.4) is 0 Å². The van der Waals surface area contributed by atoms with E-state index in [4.69, 9.17) is 0 Å². The predicted octanol–water partition coefficient (Wildman–Crippen LogP) is 1.03. The lowest BCUT2D eigenvalue weighted by atomic mass is 10.3. The van der Waals surface area contributed by atoms with Gasteiger partial charge in [0, 0.05) is 50.4 Å². The number of piperazine rings is 1. The number of aromatic nitrogens is 1. The van der Waals surface area contributed by atoms with Crippen molar-refractivity contribution in [1.29, 1.82) is 0 Å². The third-order valence-electron chi connectivity index (χ3n) is 3.08. The predicted molar refractivity (Wildman–Crippen MR) is 73.9 cm³/mol. The first-order valence-corrected chi connectivity index (χ1v) is 6.48. The van der Waals surface area contributed by atoms with Crippen LogP contribution in [-0.2, 0) is 0 Å². The van der Waals surface area contributed by atoms with Gasteiger partial charge in [-0.15, -0.1) is 12.6 Å². The number of pyridine rings is 1. The molecule has 1 aliphatic rings. The Balaban J connectivity index is 1.67. The van der Waals surface area contributed by atoms with E-state index in [2.05, 4.69) is 39.8 Å². The summed E-state index contributed by atoms with van der Waals surface area (Å²) in [5.74, 6) is 0.928. The standard InChI is InChI=1S/C12H20N4S/c1-15-6-8-16(9-7-15)5-4-13-12-3-2-11(17)10-14-12/h2-3,10,17H,4-9H2,1H3,(H,13,14). The topological polar surface area (TPSA) is 31.4 Å². The molecule has 4 nitrogen and oxygen atoms in total. The van der Waals surface area contributed by atoms with Crippen LogP contribution in [0.5, 0.6) is 0 Å². The Morgan fingerprint density at radius 2 is 2.06 bits per heavy atom. The van der Waals surface area contributed by atoms with Gasteiger partial charge in [-0.05, 0) is 19.2 Å². The molecule has 1 fully saturated rings. The highest BCUT2D eigenvalue weighted by Gasteiger charge is 2.12. The molecule has 0 saturated carbocycles. The molecule has 0 aliphatic carbocycles.